The third-order valence-corrected chi connectivity index (χ3v) is 2.62. The fourth-order valence-corrected chi connectivity index (χ4v) is 1.94. The Hall–Kier alpha value is -0.930. The second kappa shape index (κ2) is 3.65. The summed E-state index contributed by atoms with van der Waals surface area (Å²) in [6, 6.07) is 0.863. The van der Waals surface area contributed by atoms with E-state index in [9.17, 15) is 0 Å². The molecule has 1 saturated heterocycles. The van der Waals surface area contributed by atoms with Gasteiger partial charge < -0.3 is 15.8 Å². The molecule has 70 valence electrons. The first kappa shape index (κ1) is 9.16. The number of rotatable bonds is 1. The van der Waals surface area contributed by atoms with Gasteiger partial charge in [-0.05, 0) is 26.2 Å². The number of guanidine groups is 1. The van der Waals surface area contributed by atoms with Gasteiger partial charge in [0.15, 0.2) is 0 Å². The van der Waals surface area contributed by atoms with Gasteiger partial charge in [0.1, 0.15) is 0 Å². The Balaban J connectivity index is 2.70. The SMILES string of the molecule is CCC1CCC(C)N1C(N)=NO. The molecule has 0 radical (unpaired) electrons. The van der Waals surface area contributed by atoms with Crippen LogP contribution in [0.1, 0.15) is 33.1 Å². The molecule has 12 heavy (non-hydrogen) atoms. The molecule has 3 N–H and O–H groups in total. The van der Waals surface area contributed by atoms with Crippen LogP contribution in [0.2, 0.25) is 0 Å². The summed E-state index contributed by atoms with van der Waals surface area (Å²) in [6.07, 6.45) is 3.34. The molecule has 0 aromatic rings. The molecule has 1 rings (SSSR count). The molecule has 1 fully saturated rings. The topological polar surface area (TPSA) is 61.8 Å². The van der Waals surface area contributed by atoms with Gasteiger partial charge in [-0.1, -0.05) is 12.1 Å². The second-order valence-corrected chi connectivity index (χ2v) is 3.35. The average Bonchev–Trinajstić information content (AvgIpc) is 2.45. The van der Waals surface area contributed by atoms with Crippen molar-refractivity contribution >= 4 is 5.96 Å². The number of hydrogen-bond donors (Lipinski definition) is 2. The van der Waals surface area contributed by atoms with Gasteiger partial charge in [-0.3, -0.25) is 0 Å². The Morgan fingerprint density at radius 1 is 1.67 bits per heavy atom. The molecule has 1 heterocycles. The smallest absolute Gasteiger partial charge is 0.233 e. The predicted molar refractivity (Wildman–Crippen MR) is 48.0 cm³/mol. The van der Waals surface area contributed by atoms with E-state index in [1.165, 1.54) is 0 Å². The second-order valence-electron chi connectivity index (χ2n) is 3.35. The van der Waals surface area contributed by atoms with Crippen LogP contribution < -0.4 is 5.73 Å². The number of hydrogen-bond acceptors (Lipinski definition) is 2. The van der Waals surface area contributed by atoms with Gasteiger partial charge in [-0.25, -0.2) is 0 Å². The lowest BCUT2D eigenvalue weighted by molar-refractivity contribution is 0.270. The summed E-state index contributed by atoms with van der Waals surface area (Å²) in [7, 11) is 0. The molecule has 2 unspecified atom stereocenters. The molecule has 2 atom stereocenters. The summed E-state index contributed by atoms with van der Waals surface area (Å²) in [5.74, 6) is 0.256. The fraction of sp³-hybridized carbons (Fsp3) is 0.875. The van der Waals surface area contributed by atoms with Gasteiger partial charge in [-0.2, -0.15) is 0 Å². The zero-order valence-electron chi connectivity index (χ0n) is 7.70. The largest absolute Gasteiger partial charge is 0.408 e. The van der Waals surface area contributed by atoms with E-state index in [2.05, 4.69) is 19.0 Å². The van der Waals surface area contributed by atoms with Crippen molar-refractivity contribution in [3.05, 3.63) is 0 Å². The van der Waals surface area contributed by atoms with Crippen molar-refractivity contribution in [1.82, 2.24) is 4.90 Å². The van der Waals surface area contributed by atoms with E-state index in [4.69, 9.17) is 10.9 Å². The van der Waals surface area contributed by atoms with E-state index in [0.717, 1.165) is 19.3 Å². The molecule has 0 amide bonds. The molecule has 0 aromatic heterocycles. The minimum Gasteiger partial charge on any atom is -0.408 e. The van der Waals surface area contributed by atoms with Crippen LogP contribution in [-0.2, 0) is 0 Å². The van der Waals surface area contributed by atoms with E-state index < -0.39 is 0 Å². The van der Waals surface area contributed by atoms with Crippen molar-refractivity contribution in [1.29, 1.82) is 0 Å². The minimum absolute atomic E-state index is 0.256. The Bertz CT molecular complexity index is 181. The van der Waals surface area contributed by atoms with Crippen LogP contribution in [-0.4, -0.2) is 28.2 Å². The van der Waals surface area contributed by atoms with Crippen molar-refractivity contribution in [3.8, 4) is 0 Å². The zero-order chi connectivity index (χ0) is 9.14. The lowest BCUT2D eigenvalue weighted by Gasteiger charge is -2.27. The third kappa shape index (κ3) is 1.47. The van der Waals surface area contributed by atoms with Crippen LogP contribution >= 0.6 is 0 Å². The van der Waals surface area contributed by atoms with E-state index >= 15 is 0 Å². The highest BCUT2D eigenvalue weighted by atomic mass is 16.4. The molecular formula is C8H17N3O. The molecule has 0 aliphatic carbocycles. The summed E-state index contributed by atoms with van der Waals surface area (Å²) in [6.45, 7) is 4.23. The van der Waals surface area contributed by atoms with E-state index in [1.807, 2.05) is 4.90 Å². The summed E-state index contributed by atoms with van der Waals surface area (Å²) in [5, 5.41) is 11.6. The molecule has 4 nitrogen and oxygen atoms in total. The molecule has 0 spiro atoms. The normalized spacial score (nSPS) is 31.2. The molecular weight excluding hydrogens is 154 g/mol. The quantitative estimate of drug-likeness (QED) is 0.267. The highest BCUT2D eigenvalue weighted by molar-refractivity contribution is 5.78. The molecule has 0 aromatic carbocycles. The number of oxime groups is 1. The zero-order valence-corrected chi connectivity index (χ0v) is 7.70. The summed E-state index contributed by atoms with van der Waals surface area (Å²) < 4.78 is 0. The van der Waals surface area contributed by atoms with Crippen molar-refractivity contribution in [2.45, 2.75) is 45.2 Å². The van der Waals surface area contributed by atoms with Gasteiger partial charge in [0, 0.05) is 12.1 Å². The Morgan fingerprint density at radius 3 is 2.83 bits per heavy atom. The van der Waals surface area contributed by atoms with Crippen LogP contribution in [0.15, 0.2) is 5.16 Å². The van der Waals surface area contributed by atoms with Crippen molar-refractivity contribution in [2.75, 3.05) is 0 Å². The summed E-state index contributed by atoms with van der Waals surface area (Å²) >= 11 is 0. The highest BCUT2D eigenvalue weighted by Crippen LogP contribution is 2.25. The van der Waals surface area contributed by atoms with Crippen molar-refractivity contribution in [2.24, 2.45) is 10.9 Å². The fourth-order valence-electron chi connectivity index (χ4n) is 1.94. The first-order chi connectivity index (χ1) is 5.70. The number of likely N-dealkylation sites (tertiary alicyclic amines) is 1. The van der Waals surface area contributed by atoms with Gasteiger partial charge in [0.2, 0.25) is 5.96 Å². The molecule has 1 aliphatic heterocycles. The van der Waals surface area contributed by atoms with Crippen molar-refractivity contribution < 1.29 is 5.21 Å². The van der Waals surface area contributed by atoms with E-state index in [0.29, 0.717) is 12.1 Å². The van der Waals surface area contributed by atoms with E-state index in [1.54, 1.807) is 0 Å². The Kier molecular flexibility index (Phi) is 2.78. The molecule has 4 heteroatoms. The summed E-state index contributed by atoms with van der Waals surface area (Å²) in [4.78, 5) is 2.00. The molecule has 0 bridgehead atoms. The van der Waals surface area contributed by atoms with Gasteiger partial charge in [0.05, 0.1) is 0 Å². The van der Waals surface area contributed by atoms with Gasteiger partial charge in [-0.15, -0.1) is 0 Å². The summed E-state index contributed by atoms with van der Waals surface area (Å²) in [5.41, 5.74) is 5.56. The Morgan fingerprint density at radius 2 is 2.33 bits per heavy atom. The van der Waals surface area contributed by atoms with Crippen LogP contribution in [0.5, 0.6) is 0 Å². The molecule has 1 aliphatic rings. The highest BCUT2D eigenvalue weighted by Gasteiger charge is 2.30. The minimum atomic E-state index is 0.256. The van der Waals surface area contributed by atoms with E-state index in [-0.39, 0.29) is 5.96 Å². The van der Waals surface area contributed by atoms with Gasteiger partial charge >= 0.3 is 0 Å². The van der Waals surface area contributed by atoms with Crippen LogP contribution in [0.3, 0.4) is 0 Å². The van der Waals surface area contributed by atoms with Gasteiger partial charge in [0.25, 0.3) is 0 Å². The predicted octanol–water partition coefficient (Wildman–Crippen LogP) is 0.953. The van der Waals surface area contributed by atoms with Crippen LogP contribution in [0.4, 0.5) is 0 Å². The average molecular weight is 171 g/mol. The van der Waals surface area contributed by atoms with Crippen LogP contribution in [0, 0.1) is 0 Å². The lowest BCUT2D eigenvalue weighted by atomic mass is 10.2. The first-order valence-electron chi connectivity index (χ1n) is 4.46. The standard InChI is InChI=1S/C8H17N3O/c1-3-7-5-4-6(2)11(7)8(9)10-12/h6-7,12H,3-5H2,1-2H3,(H2,9,10). The monoisotopic (exact) mass is 171 g/mol. The first-order valence-corrected chi connectivity index (χ1v) is 4.46. The van der Waals surface area contributed by atoms with Crippen molar-refractivity contribution in [3.63, 3.8) is 0 Å². The molecule has 0 saturated carbocycles. The maximum absolute atomic E-state index is 8.55. The third-order valence-electron chi connectivity index (χ3n) is 2.62. The number of nitrogens with zero attached hydrogens (tertiary/aromatic N) is 2. The van der Waals surface area contributed by atoms with Crippen LogP contribution in [0.25, 0.3) is 0 Å². The Labute approximate surface area is 73.0 Å². The maximum Gasteiger partial charge on any atom is 0.233 e. The number of nitrogens with two attached hydrogens (primary N) is 1. The maximum atomic E-state index is 8.55. The lowest BCUT2D eigenvalue weighted by Crippen LogP contribution is -2.44.